The highest BCUT2D eigenvalue weighted by Crippen LogP contribution is 2.27. The number of fused-ring (bicyclic) bond motifs is 1. The molecule has 0 atom stereocenters. The Morgan fingerprint density at radius 3 is 3.12 bits per heavy atom. The van der Waals surface area contributed by atoms with Crippen molar-refractivity contribution in [2.45, 2.75) is 6.42 Å². The van der Waals surface area contributed by atoms with Gasteiger partial charge in [-0.05, 0) is 24.6 Å². The summed E-state index contributed by atoms with van der Waals surface area (Å²) in [4.78, 5) is 7.46. The summed E-state index contributed by atoms with van der Waals surface area (Å²) in [5, 5.41) is 4.43. The highest BCUT2D eigenvalue weighted by atomic mass is 14.9. The third-order valence-electron chi connectivity index (χ3n) is 2.96. The van der Waals surface area contributed by atoms with E-state index in [0.29, 0.717) is 5.69 Å². The van der Waals surface area contributed by atoms with Crippen LogP contribution in [0.15, 0.2) is 24.5 Å². The third-order valence-corrected chi connectivity index (χ3v) is 2.96. The molecule has 1 aliphatic rings. The molecule has 16 heavy (non-hydrogen) atoms. The Bertz CT molecular complexity index is 553. The number of H-pyrrole nitrogens is 1. The van der Waals surface area contributed by atoms with Crippen molar-refractivity contribution in [1.82, 2.24) is 15.3 Å². The Balaban J connectivity index is 2.16. The zero-order valence-electron chi connectivity index (χ0n) is 8.96. The molecule has 0 saturated heterocycles. The van der Waals surface area contributed by atoms with E-state index in [1.807, 2.05) is 12.3 Å². The smallest absolute Gasteiger partial charge is 0.138 e. The van der Waals surface area contributed by atoms with Crippen molar-refractivity contribution in [2.24, 2.45) is 0 Å². The first kappa shape index (κ1) is 9.42. The van der Waals surface area contributed by atoms with Crippen LogP contribution in [0.1, 0.15) is 12.0 Å². The van der Waals surface area contributed by atoms with Crippen molar-refractivity contribution in [2.75, 3.05) is 18.8 Å². The van der Waals surface area contributed by atoms with Gasteiger partial charge in [-0.3, -0.25) is 0 Å². The lowest BCUT2D eigenvalue weighted by molar-refractivity contribution is 0.739. The van der Waals surface area contributed by atoms with Crippen molar-refractivity contribution in [3.05, 3.63) is 30.1 Å². The number of anilines is 1. The van der Waals surface area contributed by atoms with E-state index in [2.05, 4.69) is 21.4 Å². The minimum absolute atomic E-state index is 0.711. The summed E-state index contributed by atoms with van der Waals surface area (Å²) in [6.07, 6.45) is 6.99. The SMILES string of the molecule is Nc1cnc2[nH]cc(C3=CCNCC3)c2c1. The minimum atomic E-state index is 0.711. The van der Waals surface area contributed by atoms with Gasteiger partial charge in [0.05, 0.1) is 11.9 Å². The molecule has 0 amide bonds. The lowest BCUT2D eigenvalue weighted by Crippen LogP contribution is -2.19. The number of nitrogen functional groups attached to an aromatic ring is 1. The first-order chi connectivity index (χ1) is 7.84. The summed E-state index contributed by atoms with van der Waals surface area (Å²) in [6, 6.07) is 1.98. The zero-order valence-corrected chi connectivity index (χ0v) is 8.96. The van der Waals surface area contributed by atoms with Crippen LogP contribution in [0.3, 0.4) is 0 Å². The Hall–Kier alpha value is -1.81. The first-order valence-corrected chi connectivity index (χ1v) is 5.47. The highest BCUT2D eigenvalue weighted by molar-refractivity contribution is 5.92. The fraction of sp³-hybridized carbons (Fsp3) is 0.250. The summed E-state index contributed by atoms with van der Waals surface area (Å²) in [7, 11) is 0. The highest BCUT2D eigenvalue weighted by Gasteiger charge is 2.11. The second-order valence-electron chi connectivity index (χ2n) is 4.05. The maximum absolute atomic E-state index is 5.77. The number of rotatable bonds is 1. The Labute approximate surface area is 93.6 Å². The van der Waals surface area contributed by atoms with Gasteiger partial charge in [0, 0.05) is 23.7 Å². The number of nitrogens with zero attached hydrogens (tertiary/aromatic N) is 1. The molecular weight excluding hydrogens is 200 g/mol. The van der Waals surface area contributed by atoms with Crippen LogP contribution in [0.4, 0.5) is 5.69 Å². The molecule has 4 heteroatoms. The number of aromatic nitrogens is 2. The summed E-state index contributed by atoms with van der Waals surface area (Å²) in [5.41, 5.74) is 10.00. The van der Waals surface area contributed by atoms with Gasteiger partial charge >= 0.3 is 0 Å². The standard InChI is InChI=1S/C12H14N4/c13-9-5-10-11(7-16-12(10)15-6-9)8-1-3-14-4-2-8/h1,5-7,14H,2-4,13H2,(H,15,16). The van der Waals surface area contributed by atoms with E-state index in [-0.39, 0.29) is 0 Å². The van der Waals surface area contributed by atoms with Crippen molar-refractivity contribution in [1.29, 1.82) is 0 Å². The number of hydrogen-bond donors (Lipinski definition) is 3. The molecule has 4 N–H and O–H groups in total. The second kappa shape index (κ2) is 3.64. The van der Waals surface area contributed by atoms with Crippen molar-refractivity contribution in [3.8, 4) is 0 Å². The van der Waals surface area contributed by atoms with Crippen molar-refractivity contribution in [3.63, 3.8) is 0 Å². The van der Waals surface area contributed by atoms with E-state index in [1.54, 1.807) is 6.20 Å². The first-order valence-electron chi connectivity index (χ1n) is 5.47. The zero-order chi connectivity index (χ0) is 11.0. The molecular formula is C12H14N4. The molecule has 0 spiro atoms. The predicted molar refractivity (Wildman–Crippen MR) is 66.0 cm³/mol. The van der Waals surface area contributed by atoms with Crippen LogP contribution < -0.4 is 11.1 Å². The van der Waals surface area contributed by atoms with Crippen LogP contribution in [0.5, 0.6) is 0 Å². The third kappa shape index (κ3) is 1.47. The molecule has 0 bridgehead atoms. The van der Waals surface area contributed by atoms with Gasteiger partial charge in [-0.25, -0.2) is 4.98 Å². The minimum Gasteiger partial charge on any atom is -0.397 e. The van der Waals surface area contributed by atoms with Gasteiger partial charge in [0.15, 0.2) is 0 Å². The van der Waals surface area contributed by atoms with Gasteiger partial charge in [0.25, 0.3) is 0 Å². The molecule has 2 aromatic heterocycles. The lowest BCUT2D eigenvalue weighted by Gasteiger charge is -2.13. The second-order valence-corrected chi connectivity index (χ2v) is 4.05. The van der Waals surface area contributed by atoms with E-state index in [0.717, 1.165) is 30.5 Å². The monoisotopic (exact) mass is 214 g/mol. The van der Waals surface area contributed by atoms with E-state index < -0.39 is 0 Å². The molecule has 0 unspecified atom stereocenters. The molecule has 0 aliphatic carbocycles. The topological polar surface area (TPSA) is 66.7 Å². The molecule has 1 aliphatic heterocycles. The van der Waals surface area contributed by atoms with Gasteiger partial charge in [0.1, 0.15) is 5.65 Å². The largest absolute Gasteiger partial charge is 0.397 e. The molecule has 4 nitrogen and oxygen atoms in total. The van der Waals surface area contributed by atoms with E-state index in [1.165, 1.54) is 11.1 Å². The van der Waals surface area contributed by atoms with Crippen molar-refractivity contribution >= 4 is 22.3 Å². The Morgan fingerprint density at radius 2 is 2.31 bits per heavy atom. The number of nitrogens with one attached hydrogen (secondary N) is 2. The van der Waals surface area contributed by atoms with E-state index in [9.17, 15) is 0 Å². The molecule has 0 radical (unpaired) electrons. The van der Waals surface area contributed by atoms with Gasteiger partial charge < -0.3 is 16.0 Å². The summed E-state index contributed by atoms with van der Waals surface area (Å²) in [6.45, 7) is 1.98. The van der Waals surface area contributed by atoms with Gasteiger partial charge in [0.2, 0.25) is 0 Å². The van der Waals surface area contributed by atoms with Crippen LogP contribution in [0, 0.1) is 0 Å². The van der Waals surface area contributed by atoms with Gasteiger partial charge in [-0.1, -0.05) is 6.08 Å². The van der Waals surface area contributed by atoms with Crippen LogP contribution >= 0.6 is 0 Å². The van der Waals surface area contributed by atoms with Gasteiger partial charge in [-0.15, -0.1) is 0 Å². The average molecular weight is 214 g/mol. The summed E-state index contributed by atoms with van der Waals surface area (Å²) < 4.78 is 0. The van der Waals surface area contributed by atoms with Crippen LogP contribution in [0.25, 0.3) is 16.6 Å². The lowest BCUT2D eigenvalue weighted by atomic mass is 10.0. The van der Waals surface area contributed by atoms with Gasteiger partial charge in [-0.2, -0.15) is 0 Å². The quantitative estimate of drug-likeness (QED) is 0.674. The fourth-order valence-electron chi connectivity index (χ4n) is 2.15. The number of nitrogens with two attached hydrogens (primary N) is 1. The number of hydrogen-bond acceptors (Lipinski definition) is 3. The van der Waals surface area contributed by atoms with Crippen LogP contribution in [-0.4, -0.2) is 23.1 Å². The molecule has 2 aromatic rings. The average Bonchev–Trinajstić information content (AvgIpc) is 2.73. The normalized spacial score (nSPS) is 16.4. The summed E-state index contributed by atoms with van der Waals surface area (Å²) >= 11 is 0. The molecule has 0 saturated carbocycles. The molecule has 82 valence electrons. The molecule has 3 rings (SSSR count). The van der Waals surface area contributed by atoms with Crippen molar-refractivity contribution < 1.29 is 0 Å². The maximum atomic E-state index is 5.77. The van der Waals surface area contributed by atoms with E-state index in [4.69, 9.17) is 5.73 Å². The molecule has 3 heterocycles. The van der Waals surface area contributed by atoms with Crippen LogP contribution in [0.2, 0.25) is 0 Å². The van der Waals surface area contributed by atoms with Crippen LogP contribution in [-0.2, 0) is 0 Å². The number of aromatic amines is 1. The fourth-order valence-corrected chi connectivity index (χ4v) is 2.15. The maximum Gasteiger partial charge on any atom is 0.138 e. The molecule has 0 aromatic carbocycles. The number of pyridine rings is 1. The Kier molecular flexibility index (Phi) is 2.15. The molecule has 0 fully saturated rings. The van der Waals surface area contributed by atoms with E-state index >= 15 is 0 Å². The Morgan fingerprint density at radius 1 is 1.38 bits per heavy atom. The summed E-state index contributed by atoms with van der Waals surface area (Å²) in [5.74, 6) is 0. The predicted octanol–water partition coefficient (Wildman–Crippen LogP) is 1.52.